The molecular weight excluding hydrogens is 396 g/mol. The van der Waals surface area contributed by atoms with Gasteiger partial charge in [-0.05, 0) is 24.3 Å². The molecule has 0 radical (unpaired) electrons. The first-order valence-corrected chi connectivity index (χ1v) is 8.64. The molecule has 0 spiro atoms. The first-order valence-electron chi connectivity index (χ1n) is 6.86. The second-order valence-corrected chi connectivity index (χ2v) is 6.50. The van der Waals surface area contributed by atoms with E-state index >= 15 is 0 Å². The van der Waals surface area contributed by atoms with Gasteiger partial charge in [-0.1, -0.05) is 45.0 Å². The molecule has 0 saturated carbocycles. The molecule has 0 unspecified atom stereocenters. The van der Waals surface area contributed by atoms with Crippen LogP contribution in [0.25, 0.3) is 23.0 Å². The first kappa shape index (κ1) is 15.2. The SMILES string of the molecule is Brc1cccc(-c2noc(CSc3nnc(-c4ccco4)o3)n2)c1. The molecule has 9 heteroatoms. The molecule has 3 aromatic heterocycles. The third-order valence-electron chi connectivity index (χ3n) is 3.01. The first-order chi connectivity index (χ1) is 11.8. The normalized spacial score (nSPS) is 11.0. The summed E-state index contributed by atoms with van der Waals surface area (Å²) in [7, 11) is 0. The van der Waals surface area contributed by atoms with Crippen LogP contribution >= 0.6 is 27.7 Å². The van der Waals surface area contributed by atoms with Crippen molar-refractivity contribution in [1.29, 1.82) is 0 Å². The van der Waals surface area contributed by atoms with Crippen molar-refractivity contribution < 1.29 is 13.4 Å². The summed E-state index contributed by atoms with van der Waals surface area (Å²) in [5.74, 6) is 2.31. The largest absolute Gasteiger partial charge is 0.459 e. The fourth-order valence-corrected chi connectivity index (χ4v) is 2.95. The van der Waals surface area contributed by atoms with E-state index in [1.54, 1.807) is 18.4 Å². The standard InChI is InChI=1S/C15H9BrN4O3S/c16-10-4-1-3-9(7-10)13-17-12(23-20-13)8-24-15-19-18-14(22-15)11-5-2-6-21-11/h1-7H,8H2. The molecule has 120 valence electrons. The highest BCUT2D eigenvalue weighted by Crippen LogP contribution is 2.26. The van der Waals surface area contributed by atoms with Gasteiger partial charge < -0.3 is 13.4 Å². The minimum Gasteiger partial charge on any atom is -0.459 e. The van der Waals surface area contributed by atoms with Crippen molar-refractivity contribution >= 4 is 27.7 Å². The van der Waals surface area contributed by atoms with Gasteiger partial charge in [-0.25, -0.2) is 0 Å². The number of hydrogen-bond acceptors (Lipinski definition) is 8. The van der Waals surface area contributed by atoms with Crippen LogP contribution in [0.1, 0.15) is 5.89 Å². The van der Waals surface area contributed by atoms with Crippen LogP contribution < -0.4 is 0 Å². The number of rotatable bonds is 5. The molecule has 0 amide bonds. The maximum atomic E-state index is 5.51. The monoisotopic (exact) mass is 404 g/mol. The van der Waals surface area contributed by atoms with E-state index in [1.807, 2.05) is 24.3 Å². The number of nitrogens with zero attached hydrogens (tertiary/aromatic N) is 4. The van der Waals surface area contributed by atoms with Crippen LogP contribution in [0, 0.1) is 0 Å². The molecule has 3 heterocycles. The molecule has 0 saturated heterocycles. The summed E-state index contributed by atoms with van der Waals surface area (Å²) >= 11 is 4.74. The second kappa shape index (κ2) is 6.62. The van der Waals surface area contributed by atoms with Crippen LogP contribution in [-0.4, -0.2) is 20.3 Å². The Morgan fingerprint density at radius 2 is 2.08 bits per heavy atom. The predicted octanol–water partition coefficient (Wildman–Crippen LogP) is 4.43. The molecule has 7 nitrogen and oxygen atoms in total. The van der Waals surface area contributed by atoms with Crippen molar-refractivity contribution in [2.45, 2.75) is 11.0 Å². The number of thioether (sulfide) groups is 1. The molecule has 0 aliphatic carbocycles. The maximum Gasteiger partial charge on any atom is 0.284 e. The summed E-state index contributed by atoms with van der Waals surface area (Å²) in [6.07, 6.45) is 1.55. The van der Waals surface area contributed by atoms with Gasteiger partial charge in [-0.15, -0.1) is 10.2 Å². The van der Waals surface area contributed by atoms with Crippen molar-refractivity contribution in [2.75, 3.05) is 0 Å². The summed E-state index contributed by atoms with van der Waals surface area (Å²) in [6, 6.07) is 11.2. The second-order valence-electron chi connectivity index (χ2n) is 4.66. The highest BCUT2D eigenvalue weighted by Gasteiger charge is 2.14. The van der Waals surface area contributed by atoms with E-state index < -0.39 is 0 Å². The van der Waals surface area contributed by atoms with Crippen LogP contribution in [0.4, 0.5) is 0 Å². The lowest BCUT2D eigenvalue weighted by molar-refractivity contribution is 0.390. The Labute approximate surface area is 148 Å². The molecular formula is C15H9BrN4O3S. The summed E-state index contributed by atoms with van der Waals surface area (Å²) in [5.41, 5.74) is 0.877. The van der Waals surface area contributed by atoms with Crippen molar-refractivity contribution in [2.24, 2.45) is 0 Å². The van der Waals surface area contributed by atoms with Gasteiger partial charge in [-0.2, -0.15) is 4.98 Å². The highest BCUT2D eigenvalue weighted by molar-refractivity contribution is 9.10. The van der Waals surface area contributed by atoms with Gasteiger partial charge in [0, 0.05) is 10.0 Å². The third kappa shape index (κ3) is 3.26. The summed E-state index contributed by atoms with van der Waals surface area (Å²) < 4.78 is 16.9. The summed E-state index contributed by atoms with van der Waals surface area (Å²) in [5, 5.41) is 12.3. The van der Waals surface area contributed by atoms with Gasteiger partial charge in [-0.3, -0.25) is 0 Å². The van der Waals surface area contributed by atoms with Crippen molar-refractivity contribution in [1.82, 2.24) is 20.3 Å². The van der Waals surface area contributed by atoms with Gasteiger partial charge >= 0.3 is 0 Å². The Balaban J connectivity index is 1.43. The highest BCUT2D eigenvalue weighted by atomic mass is 79.9. The molecule has 0 N–H and O–H groups in total. The molecule has 0 fully saturated rings. The van der Waals surface area contributed by atoms with Crippen LogP contribution in [0.3, 0.4) is 0 Å². The molecule has 0 atom stereocenters. The molecule has 4 rings (SSSR count). The minimum absolute atomic E-state index is 0.336. The van der Waals surface area contributed by atoms with E-state index in [0.29, 0.717) is 34.3 Å². The molecule has 1 aromatic carbocycles. The fraction of sp³-hybridized carbons (Fsp3) is 0.0667. The molecule has 4 aromatic rings. The quantitative estimate of drug-likeness (QED) is 0.451. The van der Waals surface area contributed by atoms with Gasteiger partial charge in [0.05, 0.1) is 12.0 Å². The van der Waals surface area contributed by atoms with E-state index in [1.165, 1.54) is 11.8 Å². The summed E-state index contributed by atoms with van der Waals surface area (Å²) in [4.78, 5) is 4.37. The molecule has 0 aliphatic rings. The van der Waals surface area contributed by atoms with Crippen molar-refractivity contribution in [3.8, 4) is 23.0 Å². The number of hydrogen-bond donors (Lipinski definition) is 0. The maximum absolute atomic E-state index is 5.51. The van der Waals surface area contributed by atoms with Gasteiger partial charge in [0.2, 0.25) is 11.7 Å². The number of halogens is 1. The van der Waals surface area contributed by atoms with Crippen LogP contribution in [0.2, 0.25) is 0 Å². The zero-order chi connectivity index (χ0) is 16.4. The Kier molecular flexibility index (Phi) is 4.18. The van der Waals surface area contributed by atoms with E-state index in [2.05, 4.69) is 36.3 Å². The lowest BCUT2D eigenvalue weighted by Crippen LogP contribution is -1.83. The lowest BCUT2D eigenvalue weighted by Gasteiger charge is -1.94. The van der Waals surface area contributed by atoms with E-state index in [9.17, 15) is 0 Å². The van der Waals surface area contributed by atoms with Crippen LogP contribution in [0.15, 0.2) is 65.7 Å². The fourth-order valence-electron chi connectivity index (χ4n) is 1.95. The van der Waals surface area contributed by atoms with Crippen molar-refractivity contribution in [3.63, 3.8) is 0 Å². The lowest BCUT2D eigenvalue weighted by atomic mass is 10.2. The van der Waals surface area contributed by atoms with Crippen LogP contribution in [0.5, 0.6) is 0 Å². The number of benzene rings is 1. The Morgan fingerprint density at radius 1 is 1.12 bits per heavy atom. The van der Waals surface area contributed by atoms with Crippen LogP contribution in [-0.2, 0) is 5.75 Å². The van der Waals surface area contributed by atoms with Gasteiger partial charge in [0.15, 0.2) is 5.76 Å². The minimum atomic E-state index is 0.336. The summed E-state index contributed by atoms with van der Waals surface area (Å²) in [6.45, 7) is 0. The Bertz CT molecular complexity index is 951. The average Bonchev–Trinajstić information content (AvgIpc) is 3.33. The van der Waals surface area contributed by atoms with Gasteiger partial charge in [0.25, 0.3) is 11.1 Å². The number of aromatic nitrogens is 4. The van der Waals surface area contributed by atoms with E-state index in [4.69, 9.17) is 13.4 Å². The molecule has 0 aliphatic heterocycles. The van der Waals surface area contributed by atoms with E-state index in [-0.39, 0.29) is 0 Å². The molecule has 0 bridgehead atoms. The van der Waals surface area contributed by atoms with Crippen molar-refractivity contribution in [3.05, 3.63) is 53.0 Å². The third-order valence-corrected chi connectivity index (χ3v) is 4.30. The predicted molar refractivity (Wildman–Crippen MR) is 89.0 cm³/mol. The number of furan rings is 1. The zero-order valence-electron chi connectivity index (χ0n) is 12.0. The smallest absolute Gasteiger partial charge is 0.284 e. The average molecular weight is 405 g/mol. The Morgan fingerprint density at radius 3 is 2.92 bits per heavy atom. The zero-order valence-corrected chi connectivity index (χ0v) is 14.5. The topological polar surface area (TPSA) is 91.0 Å². The van der Waals surface area contributed by atoms with Gasteiger partial charge in [0.1, 0.15) is 0 Å². The molecule has 24 heavy (non-hydrogen) atoms. The van der Waals surface area contributed by atoms with E-state index in [0.717, 1.165) is 10.0 Å². The Hall–Kier alpha value is -2.39.